The molecule has 0 saturated carbocycles. The van der Waals surface area contributed by atoms with Gasteiger partial charge in [0.2, 0.25) is 0 Å². The fraction of sp³-hybridized carbons (Fsp3) is 0.167. The molecule has 3 atom stereocenters. The van der Waals surface area contributed by atoms with Crippen molar-refractivity contribution in [2.24, 2.45) is 0 Å². The molecule has 3 unspecified atom stereocenters. The Morgan fingerprint density at radius 3 is 2.23 bits per heavy atom. The van der Waals surface area contributed by atoms with E-state index in [1.165, 1.54) is 7.11 Å². The van der Waals surface area contributed by atoms with Crippen molar-refractivity contribution in [3.05, 3.63) is 96.1 Å². The Balaban J connectivity index is 2.02. The summed E-state index contributed by atoms with van der Waals surface area (Å²) in [6.45, 7) is 0. The van der Waals surface area contributed by atoms with Crippen LogP contribution in [0, 0.1) is 0 Å². The molecule has 1 amide bonds. The van der Waals surface area contributed by atoms with Crippen LogP contribution in [0.5, 0.6) is 0 Å². The zero-order valence-corrected chi connectivity index (χ0v) is 18.1. The van der Waals surface area contributed by atoms with Gasteiger partial charge in [0.25, 0.3) is 0 Å². The maximum atomic E-state index is 14.2. The summed E-state index contributed by atoms with van der Waals surface area (Å²) < 4.78 is 18.4. The number of carbonyl (C=O) groups excluding carboxylic acids is 2. The molecular formula is C24H21NO4Se. The van der Waals surface area contributed by atoms with Gasteiger partial charge in [-0.25, -0.2) is 0 Å². The third kappa shape index (κ3) is 3.28. The van der Waals surface area contributed by atoms with E-state index in [1.54, 1.807) is 18.2 Å². The number of fused-ring (bicyclic) bond motifs is 1. The summed E-state index contributed by atoms with van der Waals surface area (Å²) in [5, 5.41) is 2.96. The Morgan fingerprint density at radius 1 is 0.967 bits per heavy atom. The molecule has 0 radical (unpaired) electrons. The van der Waals surface area contributed by atoms with Crippen molar-refractivity contribution in [2.75, 3.05) is 12.4 Å². The molecule has 4 rings (SSSR count). The number of carbonyl (C=O) groups is 2. The number of amides is 1. The first-order chi connectivity index (χ1) is 14.6. The maximum absolute atomic E-state index is 14.2. The van der Waals surface area contributed by atoms with Crippen molar-refractivity contribution in [3.8, 4) is 0 Å². The monoisotopic (exact) mass is 467 g/mol. The van der Waals surface area contributed by atoms with Gasteiger partial charge < -0.3 is 0 Å². The predicted molar refractivity (Wildman–Crippen MR) is 115 cm³/mol. The van der Waals surface area contributed by atoms with Crippen molar-refractivity contribution in [1.29, 1.82) is 0 Å². The average Bonchev–Trinajstić information content (AvgIpc) is 2.80. The van der Waals surface area contributed by atoms with Gasteiger partial charge in [-0.1, -0.05) is 0 Å². The number of hydrogen-bond donors (Lipinski definition) is 1. The standard InChI is InChI=1S/C24H21NO4Se/c1-29-22(26)16-20-19-14-8-9-15-21(19)25-23(27)24(20,17-10-4-2-5-11-17)30(28)18-12-6-3-7-13-18/h2-15,20H,16H2,1H3,(H,25,27). The van der Waals surface area contributed by atoms with Gasteiger partial charge in [-0.2, -0.15) is 0 Å². The first kappa shape index (κ1) is 20.2. The van der Waals surface area contributed by atoms with Crippen molar-refractivity contribution in [3.63, 3.8) is 0 Å². The van der Waals surface area contributed by atoms with Crippen molar-refractivity contribution in [1.82, 2.24) is 0 Å². The van der Waals surface area contributed by atoms with Crippen LogP contribution in [0.3, 0.4) is 0 Å². The number of methoxy groups -OCH3 is 1. The second-order valence-corrected chi connectivity index (χ2v) is 10.5. The molecule has 0 bridgehead atoms. The van der Waals surface area contributed by atoms with Crippen LogP contribution in [0.25, 0.3) is 0 Å². The fourth-order valence-electron chi connectivity index (χ4n) is 4.08. The molecule has 3 aromatic rings. The summed E-state index contributed by atoms with van der Waals surface area (Å²) in [6, 6.07) is 25.5. The van der Waals surface area contributed by atoms with Gasteiger partial charge in [0.15, 0.2) is 0 Å². The van der Waals surface area contributed by atoms with Gasteiger partial charge >= 0.3 is 179 Å². The van der Waals surface area contributed by atoms with Gasteiger partial charge in [-0.05, 0) is 0 Å². The third-order valence-electron chi connectivity index (χ3n) is 5.46. The molecule has 6 heteroatoms. The molecular weight excluding hydrogens is 445 g/mol. The minimum atomic E-state index is -3.04. The zero-order chi connectivity index (χ0) is 21.1. The number of esters is 1. The number of hydrogen-bond acceptors (Lipinski definition) is 4. The van der Waals surface area contributed by atoms with E-state index < -0.39 is 30.0 Å². The summed E-state index contributed by atoms with van der Waals surface area (Å²) in [5.41, 5.74) is 2.05. The van der Waals surface area contributed by atoms with Crippen LogP contribution >= 0.6 is 0 Å². The molecule has 152 valence electrons. The Bertz CT molecular complexity index is 1100. The molecule has 0 spiro atoms. The number of anilines is 1. The normalized spacial score (nSPS) is 21.2. The first-order valence-electron chi connectivity index (χ1n) is 9.58. The van der Waals surface area contributed by atoms with E-state index in [2.05, 4.69) is 5.32 Å². The molecule has 0 aromatic heterocycles. The van der Waals surface area contributed by atoms with Crippen LogP contribution in [-0.4, -0.2) is 32.8 Å². The van der Waals surface area contributed by atoms with E-state index in [1.807, 2.05) is 66.7 Å². The molecule has 1 aliphatic rings. The Morgan fingerprint density at radius 2 is 1.57 bits per heavy atom. The molecule has 0 aliphatic carbocycles. The van der Waals surface area contributed by atoms with Gasteiger partial charge in [0.1, 0.15) is 0 Å². The van der Waals surface area contributed by atoms with Crippen LogP contribution in [0.2, 0.25) is 0 Å². The minimum absolute atomic E-state index is 0.0507. The summed E-state index contributed by atoms with van der Waals surface area (Å²) in [7, 11) is 1.32. The van der Waals surface area contributed by atoms with Crippen LogP contribution < -0.4 is 9.78 Å². The van der Waals surface area contributed by atoms with E-state index >= 15 is 0 Å². The summed E-state index contributed by atoms with van der Waals surface area (Å²) >= 11 is -3.04. The molecule has 3 aromatic carbocycles. The van der Waals surface area contributed by atoms with Gasteiger partial charge in [0.05, 0.1) is 0 Å². The SMILES string of the molecule is COC(=O)CC1c2ccccc2NC(=O)C1(c1ccccc1)[Se](=O)c1ccccc1. The van der Waals surface area contributed by atoms with Crippen molar-refractivity contribution in [2.45, 2.75) is 16.7 Å². The summed E-state index contributed by atoms with van der Waals surface area (Å²) in [4.78, 5) is 26.2. The molecule has 1 N–H and O–H groups in total. The molecule has 5 nitrogen and oxygen atoms in total. The second kappa shape index (κ2) is 8.34. The molecule has 0 saturated heterocycles. The van der Waals surface area contributed by atoms with E-state index in [0.29, 0.717) is 15.7 Å². The fourth-order valence-corrected chi connectivity index (χ4v) is 7.89. The van der Waals surface area contributed by atoms with Gasteiger partial charge in [-0.15, -0.1) is 0 Å². The van der Waals surface area contributed by atoms with E-state index in [9.17, 15) is 13.4 Å². The summed E-state index contributed by atoms with van der Waals surface area (Å²) in [5.74, 6) is -1.43. The van der Waals surface area contributed by atoms with Crippen LogP contribution in [0.15, 0.2) is 84.9 Å². The molecule has 1 aliphatic heterocycles. The third-order valence-corrected chi connectivity index (χ3v) is 9.64. The number of para-hydroxylation sites is 1. The van der Waals surface area contributed by atoms with Crippen molar-refractivity contribution >= 4 is 35.9 Å². The quantitative estimate of drug-likeness (QED) is 0.464. The Kier molecular flexibility index (Phi) is 5.62. The van der Waals surface area contributed by atoms with E-state index in [-0.39, 0.29) is 12.3 Å². The van der Waals surface area contributed by atoms with Crippen LogP contribution in [0.4, 0.5) is 5.69 Å². The Hall–Kier alpha value is -3.08. The van der Waals surface area contributed by atoms with Gasteiger partial charge in [0, 0.05) is 0 Å². The summed E-state index contributed by atoms with van der Waals surface area (Å²) in [6.07, 6.45) is -0.0507. The predicted octanol–water partition coefficient (Wildman–Crippen LogP) is 3.09. The number of rotatable bonds is 5. The van der Waals surface area contributed by atoms with Crippen molar-refractivity contribution < 1.29 is 18.2 Å². The molecule has 1 heterocycles. The van der Waals surface area contributed by atoms with E-state index in [0.717, 1.165) is 5.56 Å². The zero-order valence-electron chi connectivity index (χ0n) is 16.4. The average molecular weight is 466 g/mol. The first-order valence-corrected chi connectivity index (χ1v) is 12.0. The van der Waals surface area contributed by atoms with Gasteiger partial charge in [-0.3, -0.25) is 0 Å². The molecule has 30 heavy (non-hydrogen) atoms. The molecule has 0 fully saturated rings. The number of nitrogens with one attached hydrogen (secondary N) is 1. The Labute approximate surface area is 179 Å². The van der Waals surface area contributed by atoms with E-state index in [4.69, 9.17) is 4.74 Å². The number of benzene rings is 3. The number of ether oxygens (including phenoxy) is 1. The van der Waals surface area contributed by atoms with Crippen LogP contribution in [0.1, 0.15) is 23.5 Å². The van der Waals surface area contributed by atoms with Crippen LogP contribution in [-0.2, 0) is 22.5 Å². The second-order valence-electron chi connectivity index (χ2n) is 7.06. The topological polar surface area (TPSA) is 72.5 Å².